The summed E-state index contributed by atoms with van der Waals surface area (Å²) in [5, 5.41) is 3.13. The van der Waals surface area contributed by atoms with Crippen LogP contribution in [0.2, 0.25) is 0 Å². The molecule has 0 radical (unpaired) electrons. The van der Waals surface area contributed by atoms with E-state index < -0.39 is 35.8 Å². The number of alkyl halides is 3. The van der Waals surface area contributed by atoms with Gasteiger partial charge >= 0.3 is 6.18 Å². The van der Waals surface area contributed by atoms with Crippen LogP contribution in [0.3, 0.4) is 0 Å². The lowest BCUT2D eigenvalue weighted by molar-refractivity contribution is -0.149. The first-order valence-corrected chi connectivity index (χ1v) is 15.9. The Hall–Kier alpha value is -5.52. The maximum Gasteiger partial charge on any atom is 0.398 e. The molecule has 6 aromatic rings. The number of nitrogens with one attached hydrogen (secondary N) is 2. The molecule has 0 bridgehead atoms. The van der Waals surface area contributed by atoms with Gasteiger partial charge in [0, 0.05) is 34.8 Å². The fourth-order valence-electron chi connectivity index (χ4n) is 6.23. The topological polar surface area (TPSA) is 102 Å². The Morgan fingerprint density at radius 1 is 1.06 bits per heavy atom. The van der Waals surface area contributed by atoms with Gasteiger partial charge in [0.1, 0.15) is 46.9 Å². The molecule has 1 aliphatic heterocycles. The molecule has 4 heterocycles. The number of halogens is 4. The van der Waals surface area contributed by atoms with E-state index in [1.54, 1.807) is 24.4 Å². The number of pyridine rings is 2. The molecule has 2 N–H and O–H groups in total. The molecule has 0 saturated heterocycles. The summed E-state index contributed by atoms with van der Waals surface area (Å²) in [6.45, 7) is 1.13. The van der Waals surface area contributed by atoms with Crippen molar-refractivity contribution in [2.75, 3.05) is 13.2 Å². The van der Waals surface area contributed by atoms with Crippen LogP contribution in [0, 0.1) is 5.82 Å². The highest BCUT2D eigenvalue weighted by atomic mass is 19.4. The zero-order valence-corrected chi connectivity index (χ0v) is 26.1. The number of carbonyl (C=O) groups is 1. The summed E-state index contributed by atoms with van der Waals surface area (Å²) < 4.78 is 70.9. The van der Waals surface area contributed by atoms with Crippen molar-refractivity contribution in [1.82, 2.24) is 25.3 Å². The predicted octanol–water partition coefficient (Wildman–Crippen LogP) is 7.63. The zero-order chi connectivity index (χ0) is 33.9. The molecule has 248 valence electrons. The number of para-hydroxylation sites is 2. The van der Waals surface area contributed by atoms with Gasteiger partial charge in [0.25, 0.3) is 5.91 Å². The Kier molecular flexibility index (Phi) is 7.27. The lowest BCUT2D eigenvalue weighted by Gasteiger charge is -2.24. The Morgan fingerprint density at radius 3 is 2.61 bits per heavy atom. The van der Waals surface area contributed by atoms with Crippen molar-refractivity contribution in [2.45, 2.75) is 43.4 Å². The number of benzene rings is 3. The van der Waals surface area contributed by atoms with Crippen LogP contribution in [0.15, 0.2) is 85.1 Å². The van der Waals surface area contributed by atoms with Crippen molar-refractivity contribution >= 4 is 27.8 Å². The van der Waals surface area contributed by atoms with Gasteiger partial charge < -0.3 is 19.8 Å². The molecule has 2 aliphatic rings. The molecule has 1 aliphatic carbocycles. The number of ether oxygens (including phenoxy) is 2. The normalized spacial score (nSPS) is 17.9. The van der Waals surface area contributed by atoms with E-state index in [-0.39, 0.29) is 35.4 Å². The highest BCUT2D eigenvalue weighted by Crippen LogP contribution is 2.49. The van der Waals surface area contributed by atoms with Gasteiger partial charge in [0.15, 0.2) is 0 Å². The molecular weight excluding hydrogens is 638 g/mol. The van der Waals surface area contributed by atoms with E-state index >= 15 is 0 Å². The monoisotopic (exact) mass is 667 g/mol. The average Bonchev–Trinajstić information content (AvgIpc) is 3.68. The first-order valence-electron chi connectivity index (χ1n) is 15.9. The largest absolute Gasteiger partial charge is 0.490 e. The van der Waals surface area contributed by atoms with Gasteiger partial charge in [0.2, 0.25) is 0 Å². The van der Waals surface area contributed by atoms with Crippen LogP contribution < -0.4 is 14.8 Å². The zero-order valence-electron chi connectivity index (χ0n) is 26.1. The van der Waals surface area contributed by atoms with Gasteiger partial charge in [-0.25, -0.2) is 14.4 Å². The molecule has 1 saturated carbocycles. The van der Waals surface area contributed by atoms with Gasteiger partial charge in [-0.3, -0.25) is 9.78 Å². The van der Waals surface area contributed by atoms with E-state index in [1.165, 1.54) is 36.4 Å². The number of hydrogen-bond acceptors (Lipinski definition) is 6. The van der Waals surface area contributed by atoms with E-state index in [9.17, 15) is 22.4 Å². The van der Waals surface area contributed by atoms with Crippen LogP contribution in [0.4, 0.5) is 17.6 Å². The minimum atomic E-state index is -4.79. The predicted molar refractivity (Wildman–Crippen MR) is 174 cm³/mol. The first kappa shape index (κ1) is 30.8. The van der Waals surface area contributed by atoms with Crippen molar-refractivity contribution in [3.63, 3.8) is 0 Å². The number of fused-ring (bicyclic) bond motifs is 3. The third-order valence-corrected chi connectivity index (χ3v) is 9.09. The second-order valence-corrected chi connectivity index (χ2v) is 12.7. The van der Waals surface area contributed by atoms with E-state index in [2.05, 4.69) is 20.3 Å². The van der Waals surface area contributed by atoms with Crippen LogP contribution in [0.25, 0.3) is 33.2 Å². The Morgan fingerprint density at radius 2 is 1.86 bits per heavy atom. The maximum absolute atomic E-state index is 15.0. The quantitative estimate of drug-likeness (QED) is 0.162. The lowest BCUT2D eigenvalue weighted by atomic mass is 9.82. The van der Waals surface area contributed by atoms with Crippen molar-refractivity contribution < 1.29 is 31.8 Å². The van der Waals surface area contributed by atoms with Crippen molar-refractivity contribution in [3.05, 3.63) is 114 Å². The number of carbonyl (C=O) groups excluding carboxylic acids is 1. The van der Waals surface area contributed by atoms with Gasteiger partial charge in [-0.2, -0.15) is 13.2 Å². The Bertz CT molecular complexity index is 2200. The second-order valence-electron chi connectivity index (χ2n) is 12.7. The van der Waals surface area contributed by atoms with Crippen molar-refractivity contribution in [2.24, 2.45) is 0 Å². The van der Waals surface area contributed by atoms with Gasteiger partial charge in [-0.1, -0.05) is 18.2 Å². The lowest BCUT2D eigenvalue weighted by Crippen LogP contribution is -2.36. The first-order chi connectivity index (χ1) is 23.6. The smallest absolute Gasteiger partial charge is 0.398 e. The molecule has 1 amide bonds. The summed E-state index contributed by atoms with van der Waals surface area (Å²) in [6, 6.07) is 20.7. The number of imidazole rings is 1. The summed E-state index contributed by atoms with van der Waals surface area (Å²) in [5.41, 5.74) is 1.86. The van der Waals surface area contributed by atoms with Crippen LogP contribution in [0.5, 0.6) is 11.5 Å². The van der Waals surface area contributed by atoms with E-state index in [0.717, 1.165) is 18.4 Å². The number of amides is 1. The summed E-state index contributed by atoms with van der Waals surface area (Å²) in [5.74, 6) is -2.18. The molecule has 0 spiro atoms. The molecule has 2 atom stereocenters. The van der Waals surface area contributed by atoms with Crippen molar-refractivity contribution in [3.8, 4) is 22.8 Å². The number of H-pyrrole nitrogens is 1. The average molecular weight is 668 g/mol. The molecule has 8 nitrogen and oxygen atoms in total. The third-order valence-electron chi connectivity index (χ3n) is 9.09. The Labute approximate surface area is 277 Å². The molecule has 3 aromatic heterocycles. The highest BCUT2D eigenvalue weighted by Gasteiger charge is 2.47. The fraction of sp³-hybridized carbons (Fsp3) is 0.243. The Balaban J connectivity index is 1.18. The number of hydrogen-bond donors (Lipinski definition) is 2. The van der Waals surface area contributed by atoms with E-state index in [4.69, 9.17) is 14.5 Å². The molecule has 1 fully saturated rings. The van der Waals surface area contributed by atoms with Gasteiger partial charge in [0.05, 0.1) is 28.2 Å². The van der Waals surface area contributed by atoms with E-state index in [1.807, 2.05) is 31.2 Å². The van der Waals surface area contributed by atoms with Gasteiger partial charge in [-0.05, 0) is 80.4 Å². The van der Waals surface area contributed by atoms with Crippen LogP contribution in [0.1, 0.15) is 53.1 Å². The summed E-state index contributed by atoms with van der Waals surface area (Å²) >= 11 is 0. The number of rotatable bonds is 8. The molecular formula is C37H29F4N5O3. The SMILES string of the molecule is C[C@]1(c2nc3ccccc3[nH]2)COc2c1cc([C@@H](CNC(=O)c1cc(OC3CC3)c3ncccc3c1)C(F)(F)F)nc2-c1ccc(F)cc1. The minimum Gasteiger partial charge on any atom is -0.490 e. The minimum absolute atomic E-state index is 0.0218. The molecule has 49 heavy (non-hydrogen) atoms. The number of aromatic amines is 1. The van der Waals surface area contributed by atoms with Crippen molar-refractivity contribution in [1.29, 1.82) is 0 Å². The second kappa shape index (κ2) is 11.6. The summed E-state index contributed by atoms with van der Waals surface area (Å²) in [7, 11) is 0. The maximum atomic E-state index is 15.0. The standard InChI is InChI=1S/C37H29F4N5O3/c1-36(35-45-27-6-2-3-7-28(27)46-35)19-48-33-25(36)17-29(44-32(33)20-8-10-23(38)11-9-20)26(37(39,40)41)18-43-34(47)22-15-21-5-4-14-42-31(21)30(16-22)49-24-12-13-24/h2-11,14-17,24,26H,12-13,18-19H2,1H3,(H,43,47)(H,45,46)/t26-,36+/m1/s1. The molecule has 8 rings (SSSR count). The van der Waals surface area contributed by atoms with Crippen LogP contribution >= 0.6 is 0 Å². The highest BCUT2D eigenvalue weighted by molar-refractivity contribution is 6.00. The molecule has 12 heteroatoms. The molecule has 3 aromatic carbocycles. The number of nitrogens with zero attached hydrogens (tertiary/aromatic N) is 3. The fourth-order valence-corrected chi connectivity index (χ4v) is 6.23. The van der Waals surface area contributed by atoms with Crippen LogP contribution in [-0.4, -0.2) is 51.3 Å². The molecule has 0 unspecified atom stereocenters. The number of aromatic nitrogens is 4. The third kappa shape index (κ3) is 5.70. The summed E-state index contributed by atoms with van der Waals surface area (Å²) in [4.78, 5) is 30.3. The summed E-state index contributed by atoms with van der Waals surface area (Å²) in [6.07, 6.45) is -1.40. The van der Waals surface area contributed by atoms with Gasteiger partial charge in [-0.15, -0.1) is 0 Å². The van der Waals surface area contributed by atoms with Crippen LogP contribution in [-0.2, 0) is 5.41 Å². The van der Waals surface area contributed by atoms with E-state index in [0.29, 0.717) is 39.1 Å².